The second-order valence-electron chi connectivity index (χ2n) is 10.5. The molecule has 1 amide bonds. The highest BCUT2D eigenvalue weighted by Gasteiger charge is 2.34. The van der Waals surface area contributed by atoms with E-state index < -0.39 is 18.0 Å². The maximum absolute atomic E-state index is 13.1. The molecule has 1 aliphatic heterocycles. The third-order valence-electron chi connectivity index (χ3n) is 7.19. The van der Waals surface area contributed by atoms with Crippen molar-refractivity contribution in [2.45, 2.75) is 90.5 Å². The van der Waals surface area contributed by atoms with Crippen molar-refractivity contribution < 1.29 is 32.2 Å². The van der Waals surface area contributed by atoms with E-state index in [1.807, 2.05) is 26.1 Å². The number of carbonyl (C=O) groups is 1. The average Bonchev–Trinajstić information content (AvgIpc) is 2.83. The molecule has 38 heavy (non-hydrogen) atoms. The second kappa shape index (κ2) is 11.8. The van der Waals surface area contributed by atoms with Crippen molar-refractivity contribution in [3.8, 4) is 11.5 Å². The lowest BCUT2D eigenvalue weighted by molar-refractivity contribution is -0.141. The highest BCUT2D eigenvalue weighted by atomic mass is 19.4. The Morgan fingerprint density at radius 3 is 2.47 bits per heavy atom. The number of nitrogens with zero attached hydrogens (tertiary/aromatic N) is 3. The highest BCUT2D eigenvalue weighted by Crippen LogP contribution is 2.39. The van der Waals surface area contributed by atoms with Crippen LogP contribution in [0.3, 0.4) is 0 Å². The molecule has 2 aliphatic rings. The van der Waals surface area contributed by atoms with Gasteiger partial charge >= 0.3 is 12.3 Å². The first-order chi connectivity index (χ1) is 18.0. The number of anilines is 1. The lowest BCUT2D eigenvalue weighted by Crippen LogP contribution is -2.40. The number of rotatable bonds is 5. The number of aromatic nitrogens is 2. The van der Waals surface area contributed by atoms with E-state index in [9.17, 15) is 18.0 Å². The van der Waals surface area contributed by atoms with Crippen LogP contribution in [0.15, 0.2) is 24.4 Å². The third kappa shape index (κ3) is 6.88. The van der Waals surface area contributed by atoms with Crippen molar-refractivity contribution in [1.29, 1.82) is 0 Å². The molecule has 0 bridgehead atoms. The number of hydrogen-bond donors (Lipinski definition) is 0. The number of alkyl halides is 3. The van der Waals surface area contributed by atoms with Crippen LogP contribution < -0.4 is 14.4 Å². The molecule has 1 unspecified atom stereocenters. The second-order valence-corrected chi connectivity index (χ2v) is 10.5. The Balaban J connectivity index is 1.37. The van der Waals surface area contributed by atoms with Gasteiger partial charge in [-0.15, -0.1) is 0 Å². The Morgan fingerprint density at radius 2 is 1.82 bits per heavy atom. The first-order valence-corrected chi connectivity index (χ1v) is 13.3. The topological polar surface area (TPSA) is 73.8 Å². The molecule has 0 radical (unpaired) electrons. The van der Waals surface area contributed by atoms with Crippen LogP contribution in [0.5, 0.6) is 11.5 Å². The van der Waals surface area contributed by atoms with Gasteiger partial charge in [-0.05, 0) is 82.8 Å². The minimum absolute atomic E-state index is 0.121. The molecule has 208 valence electrons. The SMILES string of the molecule is Cc1cc(OC2CCCC(C(C)c3cnc4c(c3)OCCN4C(=O)OC(C)C)CCC2)cc(C(F)(F)F)n1. The summed E-state index contributed by atoms with van der Waals surface area (Å²) >= 11 is 0. The van der Waals surface area contributed by atoms with Crippen molar-refractivity contribution in [2.24, 2.45) is 5.92 Å². The zero-order valence-corrected chi connectivity index (χ0v) is 22.4. The molecule has 1 saturated carbocycles. The van der Waals surface area contributed by atoms with Gasteiger partial charge in [0, 0.05) is 24.0 Å². The molecular formula is C28H36F3N3O4. The first-order valence-electron chi connectivity index (χ1n) is 13.3. The predicted molar refractivity (Wildman–Crippen MR) is 137 cm³/mol. The highest BCUT2D eigenvalue weighted by molar-refractivity contribution is 5.88. The Kier molecular flexibility index (Phi) is 8.67. The van der Waals surface area contributed by atoms with Crippen LogP contribution in [0, 0.1) is 12.8 Å². The molecule has 1 aliphatic carbocycles. The van der Waals surface area contributed by atoms with Crippen molar-refractivity contribution >= 4 is 11.9 Å². The third-order valence-corrected chi connectivity index (χ3v) is 7.19. The molecule has 0 saturated heterocycles. The standard InChI is InChI=1S/C28H36F3N3O4/c1-17(2)37-27(35)34-11-12-36-24-14-21(16-32-26(24)34)19(4)20-7-5-9-22(10-6-8-20)38-23-13-18(3)33-25(15-23)28(29,30)31/h13-17,19-20,22H,5-12H2,1-4H3. The van der Waals surface area contributed by atoms with E-state index in [4.69, 9.17) is 14.2 Å². The van der Waals surface area contributed by atoms with Crippen LogP contribution in [0.4, 0.5) is 23.8 Å². The van der Waals surface area contributed by atoms with E-state index in [1.165, 1.54) is 4.90 Å². The Bertz CT molecular complexity index is 1120. The molecule has 10 heteroatoms. The number of amides is 1. The number of hydrogen-bond acceptors (Lipinski definition) is 6. The van der Waals surface area contributed by atoms with Gasteiger partial charge in [0.2, 0.25) is 0 Å². The maximum atomic E-state index is 13.1. The van der Waals surface area contributed by atoms with Gasteiger partial charge in [0.1, 0.15) is 18.1 Å². The number of halogens is 3. The van der Waals surface area contributed by atoms with Gasteiger partial charge in [0.05, 0.1) is 18.8 Å². The average molecular weight is 536 g/mol. The smallest absolute Gasteiger partial charge is 0.433 e. The summed E-state index contributed by atoms with van der Waals surface area (Å²) in [5.41, 5.74) is 0.431. The van der Waals surface area contributed by atoms with Gasteiger partial charge in [-0.1, -0.05) is 6.92 Å². The van der Waals surface area contributed by atoms with Crippen LogP contribution in [-0.4, -0.2) is 41.4 Å². The summed E-state index contributed by atoms with van der Waals surface area (Å²) in [6.45, 7) is 8.13. The monoisotopic (exact) mass is 535 g/mol. The molecule has 1 atom stereocenters. The van der Waals surface area contributed by atoms with E-state index >= 15 is 0 Å². The lowest BCUT2D eigenvalue weighted by atomic mass is 9.79. The van der Waals surface area contributed by atoms with Gasteiger partial charge < -0.3 is 14.2 Å². The largest absolute Gasteiger partial charge is 0.490 e. The summed E-state index contributed by atoms with van der Waals surface area (Å²) in [6, 6.07) is 4.54. The lowest BCUT2D eigenvalue weighted by Gasteiger charge is -2.31. The van der Waals surface area contributed by atoms with Gasteiger partial charge in [0.25, 0.3) is 0 Å². The molecule has 1 fully saturated rings. The number of carbonyl (C=O) groups excluding carboxylic acids is 1. The van der Waals surface area contributed by atoms with Gasteiger partial charge in [0.15, 0.2) is 11.6 Å². The quantitative estimate of drug-likeness (QED) is 0.408. The van der Waals surface area contributed by atoms with Crippen molar-refractivity contribution in [3.05, 3.63) is 41.3 Å². The van der Waals surface area contributed by atoms with Crippen LogP contribution in [0.1, 0.15) is 82.2 Å². The summed E-state index contributed by atoms with van der Waals surface area (Å²) in [6.07, 6.45) is 1.92. The molecule has 0 spiro atoms. The number of fused-ring (bicyclic) bond motifs is 1. The number of ether oxygens (including phenoxy) is 3. The minimum Gasteiger partial charge on any atom is -0.490 e. The normalized spacial score (nSPS) is 21.1. The van der Waals surface area contributed by atoms with E-state index in [2.05, 4.69) is 16.9 Å². The fourth-order valence-corrected chi connectivity index (χ4v) is 5.24. The molecule has 7 nitrogen and oxygen atoms in total. The van der Waals surface area contributed by atoms with Gasteiger partial charge in [-0.2, -0.15) is 13.2 Å². The molecule has 3 heterocycles. The Labute approximate surface area is 221 Å². The van der Waals surface area contributed by atoms with Crippen LogP contribution in [0.2, 0.25) is 0 Å². The zero-order chi connectivity index (χ0) is 27.4. The fourth-order valence-electron chi connectivity index (χ4n) is 5.24. The predicted octanol–water partition coefficient (Wildman–Crippen LogP) is 7.07. The number of aryl methyl sites for hydroxylation is 1. The van der Waals surface area contributed by atoms with Crippen molar-refractivity contribution in [3.63, 3.8) is 0 Å². The van der Waals surface area contributed by atoms with Gasteiger partial charge in [-0.3, -0.25) is 4.90 Å². The Hall–Kier alpha value is -3.04. The minimum atomic E-state index is -4.50. The summed E-state index contributed by atoms with van der Waals surface area (Å²) in [5, 5.41) is 0. The summed E-state index contributed by atoms with van der Waals surface area (Å²) in [5.74, 6) is 1.97. The molecule has 4 rings (SSSR count). The maximum Gasteiger partial charge on any atom is 0.433 e. The molecule has 0 aromatic carbocycles. The summed E-state index contributed by atoms with van der Waals surface area (Å²) < 4.78 is 56.6. The van der Waals surface area contributed by atoms with Crippen molar-refractivity contribution in [1.82, 2.24) is 9.97 Å². The Morgan fingerprint density at radius 1 is 1.11 bits per heavy atom. The molecule has 2 aromatic heterocycles. The summed E-state index contributed by atoms with van der Waals surface area (Å²) in [7, 11) is 0. The van der Waals surface area contributed by atoms with E-state index in [1.54, 1.807) is 13.0 Å². The van der Waals surface area contributed by atoms with E-state index in [-0.39, 0.29) is 29.6 Å². The van der Waals surface area contributed by atoms with Crippen molar-refractivity contribution in [2.75, 3.05) is 18.1 Å². The van der Waals surface area contributed by atoms with E-state index in [0.717, 1.165) is 50.2 Å². The summed E-state index contributed by atoms with van der Waals surface area (Å²) in [4.78, 5) is 22.2. The molecule has 0 N–H and O–H groups in total. The molecule has 2 aromatic rings. The zero-order valence-electron chi connectivity index (χ0n) is 22.4. The van der Waals surface area contributed by atoms with E-state index in [0.29, 0.717) is 30.6 Å². The fraction of sp³-hybridized carbons (Fsp3) is 0.607. The molecular weight excluding hydrogens is 499 g/mol. The number of pyridine rings is 2. The van der Waals surface area contributed by atoms with Crippen LogP contribution >= 0.6 is 0 Å². The first kappa shape index (κ1) is 28.0. The van der Waals surface area contributed by atoms with Crippen LogP contribution in [-0.2, 0) is 10.9 Å². The van der Waals surface area contributed by atoms with Crippen LogP contribution in [0.25, 0.3) is 0 Å². The van der Waals surface area contributed by atoms with Gasteiger partial charge in [-0.25, -0.2) is 14.8 Å².